The third-order valence-electron chi connectivity index (χ3n) is 4.66. The van der Waals surface area contributed by atoms with Gasteiger partial charge in [-0.05, 0) is 54.7 Å². The van der Waals surface area contributed by atoms with E-state index in [2.05, 4.69) is 31.3 Å². The molecule has 0 radical (unpaired) electrons. The second-order valence-electron chi connectivity index (χ2n) is 7.21. The summed E-state index contributed by atoms with van der Waals surface area (Å²) in [4.78, 5) is 12.6. The van der Waals surface area contributed by atoms with Crippen LogP contribution in [0.1, 0.15) is 43.4 Å². The van der Waals surface area contributed by atoms with Crippen LogP contribution in [0, 0.1) is 6.92 Å². The zero-order valence-corrected chi connectivity index (χ0v) is 18.3. The maximum absolute atomic E-state index is 12.6. The Bertz CT molecular complexity index is 822. The Labute approximate surface area is 173 Å². The zero-order valence-electron chi connectivity index (χ0n) is 18.3. The van der Waals surface area contributed by atoms with Crippen molar-refractivity contribution in [3.8, 4) is 23.0 Å². The number of methoxy groups -OCH3 is 3. The summed E-state index contributed by atoms with van der Waals surface area (Å²) in [5, 5.41) is 2.91. The van der Waals surface area contributed by atoms with Crippen LogP contribution in [0.4, 0.5) is 0 Å². The quantitative estimate of drug-likeness (QED) is 0.681. The zero-order chi connectivity index (χ0) is 21.6. The van der Waals surface area contributed by atoms with Crippen LogP contribution >= 0.6 is 0 Å². The molecule has 0 aliphatic rings. The van der Waals surface area contributed by atoms with E-state index in [-0.39, 0.29) is 5.91 Å². The van der Waals surface area contributed by atoms with Crippen molar-refractivity contribution in [1.29, 1.82) is 0 Å². The Morgan fingerprint density at radius 1 is 0.931 bits per heavy atom. The van der Waals surface area contributed by atoms with E-state index in [0.717, 1.165) is 22.4 Å². The van der Waals surface area contributed by atoms with Gasteiger partial charge in [0.05, 0.1) is 21.3 Å². The second kappa shape index (κ2) is 10.0. The SMILES string of the molecule is COc1cc(CNC(=O)[C@@H](C)Oc2cc(C)ccc2C(C)C)cc(OC)c1OC. The lowest BCUT2D eigenvalue weighted by Gasteiger charge is -2.20. The van der Waals surface area contributed by atoms with Gasteiger partial charge < -0.3 is 24.3 Å². The van der Waals surface area contributed by atoms with Crippen LogP contribution in [-0.2, 0) is 11.3 Å². The number of hydrogen-bond acceptors (Lipinski definition) is 5. The highest BCUT2D eigenvalue weighted by molar-refractivity contribution is 5.80. The van der Waals surface area contributed by atoms with E-state index < -0.39 is 6.10 Å². The Hall–Kier alpha value is -2.89. The van der Waals surface area contributed by atoms with Gasteiger partial charge in [0.25, 0.3) is 5.91 Å². The second-order valence-corrected chi connectivity index (χ2v) is 7.21. The fourth-order valence-electron chi connectivity index (χ4n) is 3.03. The van der Waals surface area contributed by atoms with Gasteiger partial charge in [-0.2, -0.15) is 0 Å². The molecule has 0 saturated carbocycles. The monoisotopic (exact) mass is 401 g/mol. The lowest BCUT2D eigenvalue weighted by Crippen LogP contribution is -2.36. The van der Waals surface area contributed by atoms with E-state index in [9.17, 15) is 4.79 Å². The predicted octanol–water partition coefficient (Wildman–Crippen LogP) is 4.23. The number of carbonyl (C=O) groups excluding carboxylic acids is 1. The summed E-state index contributed by atoms with van der Waals surface area (Å²) in [7, 11) is 4.67. The van der Waals surface area contributed by atoms with E-state index in [1.165, 1.54) is 0 Å². The van der Waals surface area contributed by atoms with Gasteiger partial charge in [0, 0.05) is 6.54 Å². The van der Waals surface area contributed by atoms with Crippen molar-refractivity contribution in [2.45, 2.75) is 46.3 Å². The van der Waals surface area contributed by atoms with Crippen LogP contribution in [0.5, 0.6) is 23.0 Å². The molecule has 0 spiro atoms. The molecule has 6 nitrogen and oxygen atoms in total. The smallest absolute Gasteiger partial charge is 0.261 e. The van der Waals surface area contributed by atoms with Crippen molar-refractivity contribution in [2.75, 3.05) is 21.3 Å². The summed E-state index contributed by atoms with van der Waals surface area (Å²) in [6, 6.07) is 9.70. The van der Waals surface area contributed by atoms with Gasteiger partial charge in [-0.25, -0.2) is 0 Å². The molecule has 2 rings (SSSR count). The standard InChI is InChI=1S/C23H31NO5/c1-14(2)18-9-8-15(3)10-19(18)29-16(4)23(25)24-13-17-11-20(26-5)22(28-7)21(12-17)27-6/h8-12,14,16H,13H2,1-7H3,(H,24,25)/t16-/m1/s1. The van der Waals surface area contributed by atoms with Crippen molar-refractivity contribution in [3.05, 3.63) is 47.0 Å². The fourth-order valence-corrected chi connectivity index (χ4v) is 3.03. The molecule has 158 valence electrons. The van der Waals surface area contributed by atoms with E-state index in [1.807, 2.05) is 25.1 Å². The van der Waals surface area contributed by atoms with Gasteiger partial charge in [-0.15, -0.1) is 0 Å². The maximum atomic E-state index is 12.6. The molecule has 0 aliphatic carbocycles. The summed E-state index contributed by atoms with van der Waals surface area (Å²) in [5.74, 6) is 2.45. The van der Waals surface area contributed by atoms with Gasteiger partial charge in [-0.3, -0.25) is 4.79 Å². The van der Waals surface area contributed by atoms with Crippen molar-refractivity contribution in [2.24, 2.45) is 0 Å². The van der Waals surface area contributed by atoms with Gasteiger partial charge in [0.15, 0.2) is 17.6 Å². The highest BCUT2D eigenvalue weighted by Crippen LogP contribution is 2.38. The molecule has 0 saturated heterocycles. The Balaban J connectivity index is 2.09. The first-order valence-corrected chi connectivity index (χ1v) is 9.64. The van der Waals surface area contributed by atoms with Crippen LogP contribution in [0.3, 0.4) is 0 Å². The lowest BCUT2D eigenvalue weighted by atomic mass is 10.0. The molecule has 0 unspecified atom stereocenters. The van der Waals surface area contributed by atoms with Crippen molar-refractivity contribution in [1.82, 2.24) is 5.32 Å². The molecule has 0 bridgehead atoms. The summed E-state index contributed by atoms with van der Waals surface area (Å²) < 4.78 is 22.0. The molecule has 29 heavy (non-hydrogen) atoms. The first kappa shape index (κ1) is 22.4. The average Bonchev–Trinajstić information content (AvgIpc) is 2.70. The first-order chi connectivity index (χ1) is 13.8. The van der Waals surface area contributed by atoms with E-state index >= 15 is 0 Å². The van der Waals surface area contributed by atoms with E-state index in [0.29, 0.717) is 29.7 Å². The predicted molar refractivity (Wildman–Crippen MR) is 113 cm³/mol. The molecule has 6 heteroatoms. The topological polar surface area (TPSA) is 66.0 Å². The van der Waals surface area contributed by atoms with Gasteiger partial charge in [0.1, 0.15) is 5.75 Å². The van der Waals surface area contributed by atoms with Crippen LogP contribution < -0.4 is 24.3 Å². The Morgan fingerprint density at radius 3 is 2.07 bits per heavy atom. The molecule has 0 heterocycles. The van der Waals surface area contributed by atoms with Gasteiger partial charge in [0.2, 0.25) is 5.75 Å². The maximum Gasteiger partial charge on any atom is 0.261 e. The van der Waals surface area contributed by atoms with Crippen LogP contribution in [-0.4, -0.2) is 33.3 Å². The Kier molecular flexibility index (Phi) is 7.76. The number of benzene rings is 2. The molecule has 1 N–H and O–H groups in total. The van der Waals surface area contributed by atoms with Crippen molar-refractivity contribution < 1.29 is 23.7 Å². The largest absolute Gasteiger partial charge is 0.493 e. The minimum atomic E-state index is -0.628. The van der Waals surface area contributed by atoms with E-state index in [4.69, 9.17) is 18.9 Å². The number of hydrogen-bond donors (Lipinski definition) is 1. The van der Waals surface area contributed by atoms with Crippen molar-refractivity contribution >= 4 is 5.91 Å². The molecule has 0 aromatic heterocycles. The minimum absolute atomic E-state index is 0.199. The molecule has 0 aliphatic heterocycles. The summed E-state index contributed by atoms with van der Waals surface area (Å²) in [5.41, 5.74) is 3.01. The lowest BCUT2D eigenvalue weighted by molar-refractivity contribution is -0.127. The highest BCUT2D eigenvalue weighted by Gasteiger charge is 2.19. The van der Waals surface area contributed by atoms with Gasteiger partial charge >= 0.3 is 0 Å². The van der Waals surface area contributed by atoms with Crippen molar-refractivity contribution in [3.63, 3.8) is 0 Å². The van der Waals surface area contributed by atoms with Crippen LogP contribution in [0.2, 0.25) is 0 Å². The third kappa shape index (κ3) is 5.56. The molecule has 2 aromatic rings. The third-order valence-corrected chi connectivity index (χ3v) is 4.66. The number of amides is 1. The summed E-state index contributed by atoms with van der Waals surface area (Å²) >= 11 is 0. The fraction of sp³-hybridized carbons (Fsp3) is 0.435. The van der Waals surface area contributed by atoms with Gasteiger partial charge in [-0.1, -0.05) is 26.0 Å². The number of rotatable bonds is 9. The summed E-state index contributed by atoms with van der Waals surface area (Å²) in [6.45, 7) is 8.27. The average molecular weight is 402 g/mol. The highest BCUT2D eigenvalue weighted by atomic mass is 16.5. The molecule has 1 amide bonds. The number of ether oxygens (including phenoxy) is 4. The summed E-state index contributed by atoms with van der Waals surface area (Å²) in [6.07, 6.45) is -0.628. The molecule has 0 fully saturated rings. The van der Waals surface area contributed by atoms with Crippen LogP contribution in [0.15, 0.2) is 30.3 Å². The first-order valence-electron chi connectivity index (χ1n) is 9.64. The minimum Gasteiger partial charge on any atom is -0.493 e. The number of nitrogens with one attached hydrogen (secondary N) is 1. The molecule has 1 atom stereocenters. The molecule has 2 aromatic carbocycles. The van der Waals surface area contributed by atoms with Crippen LogP contribution in [0.25, 0.3) is 0 Å². The number of aryl methyl sites for hydroxylation is 1. The molecular weight excluding hydrogens is 370 g/mol. The van der Waals surface area contributed by atoms with E-state index in [1.54, 1.807) is 28.3 Å². The molecular formula is C23H31NO5. The number of carbonyl (C=O) groups is 1. The normalized spacial score (nSPS) is 11.7. The Morgan fingerprint density at radius 2 is 1.55 bits per heavy atom.